The smallest absolute Gasteiger partial charge is 0.224 e. The van der Waals surface area contributed by atoms with E-state index in [0.29, 0.717) is 5.95 Å². The lowest BCUT2D eigenvalue weighted by Crippen LogP contribution is -2.02. The molecule has 4 rings (SSSR count). The van der Waals surface area contributed by atoms with E-state index in [-0.39, 0.29) is 0 Å². The quantitative estimate of drug-likeness (QED) is 0.574. The van der Waals surface area contributed by atoms with Crippen molar-refractivity contribution >= 4 is 39.0 Å². The van der Waals surface area contributed by atoms with Crippen molar-refractivity contribution in [3.63, 3.8) is 0 Å². The van der Waals surface area contributed by atoms with Crippen LogP contribution in [0.15, 0.2) is 48.8 Å². The summed E-state index contributed by atoms with van der Waals surface area (Å²) in [5.74, 6) is 1.28. The van der Waals surface area contributed by atoms with Crippen molar-refractivity contribution < 1.29 is 0 Å². The lowest BCUT2D eigenvalue weighted by Gasteiger charge is -2.10. The number of nitrogens with one attached hydrogen (secondary N) is 2. The average Bonchev–Trinajstić information content (AvgIpc) is 3.01. The van der Waals surface area contributed by atoms with Crippen LogP contribution in [0.2, 0.25) is 0 Å². The summed E-state index contributed by atoms with van der Waals surface area (Å²) in [4.78, 5) is 17.6. The second kappa shape index (κ2) is 6.45. The van der Waals surface area contributed by atoms with E-state index in [1.165, 1.54) is 4.70 Å². The SMILES string of the molecule is CNc1nc(Nc2ccc3sc(C)nc3c2)cc(-c2ccncc2)n1. The fraction of sp³-hybridized carbons (Fsp3) is 0.111. The zero-order valence-electron chi connectivity index (χ0n) is 13.8. The van der Waals surface area contributed by atoms with Gasteiger partial charge < -0.3 is 10.6 Å². The van der Waals surface area contributed by atoms with E-state index in [4.69, 9.17) is 0 Å². The molecule has 3 aromatic heterocycles. The minimum absolute atomic E-state index is 0.558. The Morgan fingerprint density at radius 1 is 0.960 bits per heavy atom. The molecule has 0 saturated heterocycles. The molecule has 2 N–H and O–H groups in total. The van der Waals surface area contributed by atoms with Gasteiger partial charge >= 0.3 is 0 Å². The van der Waals surface area contributed by atoms with Crippen LogP contribution < -0.4 is 10.6 Å². The topological polar surface area (TPSA) is 75.6 Å². The van der Waals surface area contributed by atoms with Crippen molar-refractivity contribution in [3.8, 4) is 11.3 Å². The van der Waals surface area contributed by atoms with Gasteiger partial charge in [0.15, 0.2) is 0 Å². The van der Waals surface area contributed by atoms with Gasteiger partial charge in [-0.05, 0) is 37.3 Å². The maximum absolute atomic E-state index is 4.54. The van der Waals surface area contributed by atoms with Crippen molar-refractivity contribution in [2.75, 3.05) is 17.7 Å². The molecule has 0 radical (unpaired) electrons. The van der Waals surface area contributed by atoms with Crippen molar-refractivity contribution in [2.24, 2.45) is 0 Å². The van der Waals surface area contributed by atoms with Gasteiger partial charge in [-0.1, -0.05) is 0 Å². The number of pyridine rings is 1. The van der Waals surface area contributed by atoms with E-state index < -0.39 is 0 Å². The van der Waals surface area contributed by atoms with Crippen LogP contribution in [0.25, 0.3) is 21.5 Å². The molecule has 0 spiro atoms. The molecule has 0 bridgehead atoms. The number of hydrogen-bond donors (Lipinski definition) is 2. The molecular weight excluding hydrogens is 332 g/mol. The highest BCUT2D eigenvalue weighted by atomic mass is 32.1. The van der Waals surface area contributed by atoms with Gasteiger partial charge in [-0.25, -0.2) is 9.97 Å². The third-order valence-electron chi connectivity index (χ3n) is 3.69. The van der Waals surface area contributed by atoms with Crippen LogP contribution in [-0.2, 0) is 0 Å². The lowest BCUT2D eigenvalue weighted by molar-refractivity contribution is 1.15. The van der Waals surface area contributed by atoms with Gasteiger partial charge in [0, 0.05) is 36.8 Å². The molecule has 0 amide bonds. The number of nitrogens with zero attached hydrogens (tertiary/aromatic N) is 4. The molecule has 0 aliphatic carbocycles. The summed E-state index contributed by atoms with van der Waals surface area (Å²) in [7, 11) is 1.81. The Morgan fingerprint density at radius 3 is 2.60 bits per heavy atom. The fourth-order valence-corrected chi connectivity index (χ4v) is 3.37. The van der Waals surface area contributed by atoms with Crippen molar-refractivity contribution in [2.45, 2.75) is 6.92 Å². The summed E-state index contributed by atoms with van der Waals surface area (Å²) in [5, 5.41) is 7.42. The van der Waals surface area contributed by atoms with E-state index >= 15 is 0 Å². The summed E-state index contributed by atoms with van der Waals surface area (Å²) in [6.07, 6.45) is 3.50. The maximum Gasteiger partial charge on any atom is 0.224 e. The van der Waals surface area contributed by atoms with Crippen LogP contribution in [0.4, 0.5) is 17.5 Å². The van der Waals surface area contributed by atoms with Crippen molar-refractivity contribution in [3.05, 3.63) is 53.8 Å². The Kier molecular flexibility index (Phi) is 3.99. The number of rotatable bonds is 4. The lowest BCUT2D eigenvalue weighted by atomic mass is 10.2. The van der Waals surface area contributed by atoms with Gasteiger partial charge in [0.05, 0.1) is 20.9 Å². The molecule has 6 nitrogen and oxygen atoms in total. The third kappa shape index (κ3) is 3.27. The van der Waals surface area contributed by atoms with Gasteiger partial charge in [0.25, 0.3) is 0 Å². The number of benzene rings is 1. The first-order valence-corrected chi connectivity index (χ1v) is 8.64. The van der Waals surface area contributed by atoms with Crippen LogP contribution in [0.1, 0.15) is 5.01 Å². The van der Waals surface area contributed by atoms with Crippen LogP contribution >= 0.6 is 11.3 Å². The highest BCUT2D eigenvalue weighted by Gasteiger charge is 2.08. The largest absolute Gasteiger partial charge is 0.357 e. The van der Waals surface area contributed by atoms with Crippen LogP contribution in [0.5, 0.6) is 0 Å². The molecule has 0 saturated carbocycles. The number of anilines is 3. The van der Waals surface area contributed by atoms with Crippen LogP contribution in [-0.4, -0.2) is 27.0 Å². The molecule has 4 aromatic rings. The first-order chi connectivity index (χ1) is 12.2. The number of hydrogen-bond acceptors (Lipinski definition) is 7. The summed E-state index contributed by atoms with van der Waals surface area (Å²) < 4.78 is 1.18. The Balaban J connectivity index is 1.71. The second-order valence-electron chi connectivity index (χ2n) is 5.49. The summed E-state index contributed by atoms with van der Waals surface area (Å²) >= 11 is 1.69. The van der Waals surface area contributed by atoms with Crippen LogP contribution in [0.3, 0.4) is 0 Å². The van der Waals surface area contributed by atoms with E-state index in [1.54, 1.807) is 30.8 Å². The van der Waals surface area contributed by atoms with Gasteiger partial charge in [-0.15, -0.1) is 11.3 Å². The standard InChI is InChI=1S/C18H16N6S/c1-11-21-15-9-13(3-4-16(15)25-11)22-17-10-14(23-18(19-2)24-17)12-5-7-20-8-6-12/h3-10H,1-2H3,(H2,19,22,23,24). The van der Waals surface area contributed by atoms with Gasteiger partial charge in [-0.3, -0.25) is 4.98 Å². The first kappa shape index (κ1) is 15.5. The highest BCUT2D eigenvalue weighted by molar-refractivity contribution is 7.18. The molecule has 25 heavy (non-hydrogen) atoms. The molecule has 0 atom stereocenters. The molecule has 3 heterocycles. The van der Waals surface area contributed by atoms with E-state index in [1.807, 2.05) is 37.3 Å². The molecule has 0 aliphatic heterocycles. The Hall–Kier alpha value is -3.06. The number of aromatic nitrogens is 4. The normalized spacial score (nSPS) is 10.8. The van der Waals surface area contributed by atoms with E-state index in [9.17, 15) is 0 Å². The molecule has 124 valence electrons. The summed E-state index contributed by atoms with van der Waals surface area (Å²) in [6, 6.07) is 11.9. The minimum Gasteiger partial charge on any atom is -0.357 e. The summed E-state index contributed by atoms with van der Waals surface area (Å²) in [5.41, 5.74) is 3.75. The highest BCUT2D eigenvalue weighted by Crippen LogP contribution is 2.27. The molecular formula is C18H16N6S. The molecule has 0 fully saturated rings. The predicted molar refractivity (Wildman–Crippen MR) is 102 cm³/mol. The van der Waals surface area contributed by atoms with Gasteiger partial charge in [-0.2, -0.15) is 4.98 Å². The summed E-state index contributed by atoms with van der Waals surface area (Å²) in [6.45, 7) is 2.02. The third-order valence-corrected chi connectivity index (χ3v) is 4.64. The second-order valence-corrected chi connectivity index (χ2v) is 6.72. The van der Waals surface area contributed by atoms with Crippen LogP contribution in [0, 0.1) is 6.92 Å². The number of aryl methyl sites for hydroxylation is 1. The minimum atomic E-state index is 0.558. The Bertz CT molecular complexity index is 1030. The average molecular weight is 348 g/mol. The molecule has 1 aromatic carbocycles. The van der Waals surface area contributed by atoms with E-state index in [2.05, 4.69) is 36.6 Å². The van der Waals surface area contributed by atoms with Gasteiger partial charge in [0.2, 0.25) is 5.95 Å². The Morgan fingerprint density at radius 2 is 1.80 bits per heavy atom. The predicted octanol–water partition coefficient (Wildman–Crippen LogP) is 4.24. The maximum atomic E-state index is 4.54. The molecule has 0 aliphatic rings. The number of fused-ring (bicyclic) bond motifs is 1. The fourth-order valence-electron chi connectivity index (χ4n) is 2.56. The zero-order chi connectivity index (χ0) is 17.2. The molecule has 7 heteroatoms. The van der Waals surface area contributed by atoms with Crippen molar-refractivity contribution in [1.29, 1.82) is 0 Å². The van der Waals surface area contributed by atoms with E-state index in [0.717, 1.165) is 33.3 Å². The monoisotopic (exact) mass is 348 g/mol. The first-order valence-electron chi connectivity index (χ1n) is 7.83. The van der Waals surface area contributed by atoms with Gasteiger partial charge in [0.1, 0.15) is 5.82 Å². The Labute approximate surface area is 149 Å². The van der Waals surface area contributed by atoms with Crippen molar-refractivity contribution in [1.82, 2.24) is 19.9 Å². The zero-order valence-corrected chi connectivity index (χ0v) is 14.6. The molecule has 0 unspecified atom stereocenters. The number of thiazole rings is 1.